The van der Waals surface area contributed by atoms with Crippen molar-refractivity contribution in [3.8, 4) is 5.75 Å². The highest BCUT2D eigenvalue weighted by Gasteiger charge is 2.21. The maximum Gasteiger partial charge on any atom is 0.307 e. The summed E-state index contributed by atoms with van der Waals surface area (Å²) in [6.45, 7) is 2.72. The number of esters is 1. The lowest BCUT2D eigenvalue weighted by atomic mass is 10.1. The lowest BCUT2D eigenvalue weighted by molar-refractivity contribution is -0.143. The number of rotatable bonds is 3. The van der Waals surface area contributed by atoms with Crippen LogP contribution in [0.4, 0.5) is 5.69 Å². The molecule has 0 aliphatic carbocycles. The second-order valence-electron chi connectivity index (χ2n) is 6.19. The third-order valence-electron chi connectivity index (χ3n) is 4.14. The topological polar surface area (TPSA) is 47.6 Å². The van der Waals surface area contributed by atoms with Gasteiger partial charge in [0, 0.05) is 4.90 Å². The number of carbonyl (C=O) groups is 1. The summed E-state index contributed by atoms with van der Waals surface area (Å²) in [6, 6.07) is 22.1. The number of anilines is 1. The van der Waals surface area contributed by atoms with E-state index < -0.39 is 0 Å². The second kappa shape index (κ2) is 9.33. The van der Waals surface area contributed by atoms with Gasteiger partial charge in [0.2, 0.25) is 0 Å². The molecule has 4 nitrogen and oxygen atoms in total. The quantitative estimate of drug-likeness (QED) is 0.498. The second-order valence-corrected chi connectivity index (χ2v) is 6.71. The summed E-state index contributed by atoms with van der Waals surface area (Å²) >= 11 is 4.26. The van der Waals surface area contributed by atoms with E-state index >= 15 is 0 Å². The summed E-state index contributed by atoms with van der Waals surface area (Å²) in [6.07, 6.45) is 0.335. The molecular formula is C22H23NO3S. The molecule has 1 N–H and O–H groups in total. The maximum atomic E-state index is 11.3. The highest BCUT2D eigenvalue weighted by Crippen LogP contribution is 2.28. The van der Waals surface area contributed by atoms with Gasteiger partial charge in [0.15, 0.2) is 0 Å². The Hall–Kier alpha value is -2.66. The predicted molar refractivity (Wildman–Crippen MR) is 112 cm³/mol. The van der Waals surface area contributed by atoms with E-state index in [9.17, 15) is 4.79 Å². The van der Waals surface area contributed by atoms with Crippen molar-refractivity contribution in [3.05, 3.63) is 66.7 Å². The normalized spacial score (nSPS) is 14.8. The van der Waals surface area contributed by atoms with Gasteiger partial charge in [0.1, 0.15) is 12.4 Å². The number of nitrogens with one attached hydrogen (secondary N) is 1. The lowest BCUT2D eigenvalue weighted by Crippen LogP contribution is -2.33. The Morgan fingerprint density at radius 1 is 1.11 bits per heavy atom. The molecule has 0 spiro atoms. The van der Waals surface area contributed by atoms with Crippen molar-refractivity contribution in [1.82, 2.24) is 0 Å². The molecule has 0 amide bonds. The van der Waals surface area contributed by atoms with Crippen LogP contribution in [0.1, 0.15) is 13.3 Å². The van der Waals surface area contributed by atoms with Gasteiger partial charge >= 0.3 is 5.97 Å². The predicted octanol–water partition coefficient (Wildman–Crippen LogP) is 4.94. The van der Waals surface area contributed by atoms with Crippen LogP contribution in [0.25, 0.3) is 10.8 Å². The van der Waals surface area contributed by atoms with Gasteiger partial charge < -0.3 is 14.8 Å². The van der Waals surface area contributed by atoms with Crippen molar-refractivity contribution in [2.45, 2.75) is 24.3 Å². The Balaban J connectivity index is 0.000000166. The fraction of sp³-hybridized carbons (Fsp3) is 0.227. The van der Waals surface area contributed by atoms with Crippen LogP contribution in [0.2, 0.25) is 0 Å². The molecule has 0 saturated carbocycles. The summed E-state index contributed by atoms with van der Waals surface area (Å²) in [5.74, 6) is 0.644. The van der Waals surface area contributed by atoms with E-state index in [0.29, 0.717) is 19.6 Å². The van der Waals surface area contributed by atoms with E-state index in [0.717, 1.165) is 16.3 Å². The Labute approximate surface area is 164 Å². The molecular weight excluding hydrogens is 358 g/mol. The molecule has 0 bridgehead atoms. The number of benzene rings is 3. The van der Waals surface area contributed by atoms with Crippen LogP contribution in [0.5, 0.6) is 5.75 Å². The van der Waals surface area contributed by atoms with Crippen LogP contribution < -0.4 is 10.1 Å². The zero-order chi connectivity index (χ0) is 19.1. The van der Waals surface area contributed by atoms with Crippen molar-refractivity contribution in [2.75, 3.05) is 18.5 Å². The molecule has 1 aliphatic heterocycles. The van der Waals surface area contributed by atoms with E-state index in [4.69, 9.17) is 9.47 Å². The van der Waals surface area contributed by atoms with Gasteiger partial charge in [0.25, 0.3) is 0 Å². The number of ether oxygens (including phenoxy) is 2. The van der Waals surface area contributed by atoms with Crippen LogP contribution >= 0.6 is 12.6 Å². The Morgan fingerprint density at radius 2 is 1.85 bits per heavy atom. The van der Waals surface area contributed by atoms with Gasteiger partial charge in [0.05, 0.1) is 24.8 Å². The molecule has 3 aromatic rings. The van der Waals surface area contributed by atoms with Gasteiger partial charge in [-0.1, -0.05) is 42.5 Å². The molecule has 27 heavy (non-hydrogen) atoms. The van der Waals surface area contributed by atoms with Crippen molar-refractivity contribution in [1.29, 1.82) is 0 Å². The van der Waals surface area contributed by atoms with Gasteiger partial charge in [-0.05, 0) is 42.0 Å². The number of thiol groups is 1. The Bertz CT molecular complexity index is 913. The number of fused-ring (bicyclic) bond motifs is 2. The molecule has 5 heteroatoms. The molecule has 1 heterocycles. The largest absolute Gasteiger partial charge is 0.489 e. The van der Waals surface area contributed by atoms with Crippen molar-refractivity contribution in [3.63, 3.8) is 0 Å². The minimum Gasteiger partial charge on any atom is -0.489 e. The fourth-order valence-electron chi connectivity index (χ4n) is 2.87. The fourth-order valence-corrected chi connectivity index (χ4v) is 3.09. The number of para-hydroxylation sites is 2. The van der Waals surface area contributed by atoms with E-state index in [2.05, 4.69) is 42.2 Å². The molecule has 0 fully saturated rings. The average Bonchev–Trinajstić information content (AvgIpc) is 2.68. The maximum absolute atomic E-state index is 11.3. The molecule has 0 radical (unpaired) electrons. The summed E-state index contributed by atoms with van der Waals surface area (Å²) in [7, 11) is 0. The van der Waals surface area contributed by atoms with Crippen LogP contribution in [-0.4, -0.2) is 25.2 Å². The minimum absolute atomic E-state index is 0.00560. The number of hydrogen-bond acceptors (Lipinski definition) is 5. The molecule has 140 valence electrons. The summed E-state index contributed by atoms with van der Waals surface area (Å²) in [5.41, 5.74) is 0.933. The van der Waals surface area contributed by atoms with Gasteiger partial charge in [-0.2, -0.15) is 0 Å². The van der Waals surface area contributed by atoms with Gasteiger partial charge in [-0.25, -0.2) is 0 Å². The van der Waals surface area contributed by atoms with Crippen LogP contribution in [0.15, 0.2) is 71.6 Å². The first-order chi connectivity index (χ1) is 13.2. The average molecular weight is 381 g/mol. The molecule has 1 unspecified atom stereocenters. The van der Waals surface area contributed by atoms with Crippen LogP contribution in [-0.2, 0) is 9.53 Å². The lowest BCUT2D eigenvalue weighted by Gasteiger charge is -2.26. The smallest absolute Gasteiger partial charge is 0.307 e. The Morgan fingerprint density at radius 3 is 2.67 bits per heavy atom. The zero-order valence-electron chi connectivity index (χ0n) is 15.2. The van der Waals surface area contributed by atoms with Crippen molar-refractivity contribution in [2.24, 2.45) is 0 Å². The van der Waals surface area contributed by atoms with Crippen LogP contribution in [0, 0.1) is 0 Å². The zero-order valence-corrected chi connectivity index (χ0v) is 16.1. The van der Waals surface area contributed by atoms with Crippen molar-refractivity contribution >= 4 is 35.1 Å². The van der Waals surface area contributed by atoms with E-state index in [1.165, 1.54) is 10.8 Å². The minimum atomic E-state index is -0.192. The first-order valence-corrected chi connectivity index (χ1v) is 9.42. The van der Waals surface area contributed by atoms with Crippen LogP contribution in [0.3, 0.4) is 0 Å². The molecule has 1 atom stereocenters. The molecule has 4 rings (SSSR count). The van der Waals surface area contributed by atoms with E-state index in [1.54, 1.807) is 6.92 Å². The third kappa shape index (κ3) is 5.41. The molecule has 3 aromatic carbocycles. The Kier molecular flexibility index (Phi) is 6.60. The molecule has 0 aromatic heterocycles. The van der Waals surface area contributed by atoms with E-state index in [-0.39, 0.29) is 12.0 Å². The number of carbonyl (C=O) groups excluding carboxylic acids is 1. The van der Waals surface area contributed by atoms with E-state index in [1.807, 2.05) is 42.5 Å². The monoisotopic (exact) mass is 381 g/mol. The summed E-state index contributed by atoms with van der Waals surface area (Å²) < 4.78 is 10.4. The molecule has 0 saturated heterocycles. The first-order valence-electron chi connectivity index (χ1n) is 8.97. The number of hydrogen-bond donors (Lipinski definition) is 2. The highest BCUT2D eigenvalue weighted by molar-refractivity contribution is 7.80. The van der Waals surface area contributed by atoms with Gasteiger partial charge in [-0.15, -0.1) is 12.6 Å². The summed E-state index contributed by atoms with van der Waals surface area (Å²) in [4.78, 5) is 12.3. The molecule has 1 aliphatic rings. The van der Waals surface area contributed by atoms with Gasteiger partial charge in [-0.3, -0.25) is 4.79 Å². The first kappa shape index (κ1) is 19.1. The third-order valence-corrected chi connectivity index (χ3v) is 4.42. The SMILES string of the molecule is CCOC(=O)CC1COc2ccccc2N1.Sc1ccc2ccccc2c1. The summed E-state index contributed by atoms with van der Waals surface area (Å²) in [5, 5.41) is 5.78. The van der Waals surface area contributed by atoms with Crippen molar-refractivity contribution < 1.29 is 14.3 Å². The highest BCUT2D eigenvalue weighted by atomic mass is 32.1. The standard InChI is InChI=1S/C12H15NO3.C10H8S/c1-2-15-12(14)7-9-8-16-11-6-4-3-5-10(11)13-9;11-10-6-5-8-3-1-2-4-9(8)7-10/h3-6,9,13H,2,7-8H2,1H3;1-7,11H.